The van der Waals surface area contributed by atoms with Crippen LogP contribution in [0.2, 0.25) is 0 Å². The van der Waals surface area contributed by atoms with E-state index in [1.165, 1.54) is 4.90 Å². The first-order chi connectivity index (χ1) is 21.9. The number of hydrogen-bond acceptors (Lipinski definition) is 7. The van der Waals surface area contributed by atoms with E-state index in [4.69, 9.17) is 15.2 Å². The summed E-state index contributed by atoms with van der Waals surface area (Å²) in [6.45, 7) is 5.72. The summed E-state index contributed by atoms with van der Waals surface area (Å²) in [5, 5.41) is 5.47. The maximum absolute atomic E-state index is 13.8. The summed E-state index contributed by atoms with van der Waals surface area (Å²) in [4.78, 5) is 71.9. The molecule has 13 nitrogen and oxygen atoms in total. The largest absolute Gasteiger partial charge is 0.444 e. The van der Waals surface area contributed by atoms with E-state index in [1.54, 1.807) is 32.9 Å². The Hall–Kier alpha value is -4.94. The van der Waals surface area contributed by atoms with E-state index < -0.39 is 53.6 Å². The van der Waals surface area contributed by atoms with Crippen molar-refractivity contribution >= 4 is 35.9 Å². The van der Waals surface area contributed by atoms with Gasteiger partial charge in [0.2, 0.25) is 17.8 Å². The van der Waals surface area contributed by atoms with Gasteiger partial charge >= 0.3 is 12.2 Å². The highest BCUT2D eigenvalue weighted by Crippen LogP contribution is 2.21. The van der Waals surface area contributed by atoms with Crippen molar-refractivity contribution in [2.45, 2.75) is 83.2 Å². The van der Waals surface area contributed by atoms with Gasteiger partial charge in [-0.3, -0.25) is 19.3 Å². The van der Waals surface area contributed by atoms with Gasteiger partial charge in [-0.25, -0.2) is 9.59 Å². The SMILES string of the molecule is CC(C)(C)OC(=O)N[C@H](Cc1ccccc1)C(=O)N1CCC[C@H]1C(=O)N[C@H]1CCCN(/C(N)=N/C(=O)OCc2ccccc2)C1=O. The van der Waals surface area contributed by atoms with Crippen LogP contribution in [0.5, 0.6) is 0 Å². The molecule has 2 aromatic carbocycles. The Labute approximate surface area is 268 Å². The van der Waals surface area contributed by atoms with Crippen molar-refractivity contribution in [3.63, 3.8) is 0 Å². The maximum Gasteiger partial charge on any atom is 0.437 e. The van der Waals surface area contributed by atoms with E-state index in [1.807, 2.05) is 48.5 Å². The smallest absolute Gasteiger partial charge is 0.437 e. The van der Waals surface area contributed by atoms with Crippen LogP contribution in [-0.4, -0.2) is 82.5 Å². The molecule has 13 heteroatoms. The number of amides is 5. The van der Waals surface area contributed by atoms with Crippen LogP contribution >= 0.6 is 0 Å². The van der Waals surface area contributed by atoms with E-state index >= 15 is 0 Å². The Balaban J connectivity index is 1.40. The lowest BCUT2D eigenvalue weighted by atomic mass is 10.0. The summed E-state index contributed by atoms with van der Waals surface area (Å²) in [7, 11) is 0. The zero-order chi connectivity index (χ0) is 33.3. The second-order valence-electron chi connectivity index (χ2n) is 12.3. The zero-order valence-electron chi connectivity index (χ0n) is 26.4. The van der Waals surface area contributed by atoms with Gasteiger partial charge in [0.15, 0.2) is 0 Å². The fraction of sp³-hybridized carbons (Fsp3) is 0.455. The summed E-state index contributed by atoms with van der Waals surface area (Å²) in [6, 6.07) is 15.5. The molecular weight excluding hydrogens is 592 g/mol. The molecule has 2 fully saturated rings. The molecule has 0 radical (unpaired) electrons. The maximum atomic E-state index is 13.8. The normalized spacial score (nSPS) is 19.3. The molecule has 2 heterocycles. The molecule has 2 saturated heterocycles. The Bertz CT molecular complexity index is 1430. The number of hydrogen-bond donors (Lipinski definition) is 3. The Kier molecular flexibility index (Phi) is 11.3. The topological polar surface area (TPSA) is 173 Å². The standard InChI is InChI=1S/C33H42N6O7/c1-33(2,3)46-32(44)36-25(20-22-12-6-4-7-13-22)29(42)38-18-11-17-26(38)27(40)35-24-16-10-19-39(28(24)41)30(34)37-31(43)45-21-23-14-8-5-9-15-23/h4-9,12-15,24-26H,10-11,16-21H2,1-3H3,(H,35,40)(H,36,44)(H2,34,37,43)/t24-,25+,26-/m0/s1. The summed E-state index contributed by atoms with van der Waals surface area (Å²) in [5.41, 5.74) is 6.84. The summed E-state index contributed by atoms with van der Waals surface area (Å²) < 4.78 is 10.5. The first-order valence-corrected chi connectivity index (χ1v) is 15.4. The number of piperidine rings is 1. The predicted octanol–water partition coefficient (Wildman–Crippen LogP) is 2.87. The number of carbonyl (C=O) groups is 5. The minimum atomic E-state index is -0.977. The van der Waals surface area contributed by atoms with E-state index in [-0.39, 0.29) is 25.5 Å². The zero-order valence-corrected chi connectivity index (χ0v) is 26.4. The third kappa shape index (κ3) is 9.53. The van der Waals surface area contributed by atoms with Gasteiger partial charge < -0.3 is 30.7 Å². The van der Waals surface area contributed by atoms with Crippen molar-refractivity contribution in [1.29, 1.82) is 0 Å². The number of rotatable bonds is 8. The second kappa shape index (κ2) is 15.4. The van der Waals surface area contributed by atoms with Crippen molar-refractivity contribution < 1.29 is 33.4 Å². The number of nitrogens with one attached hydrogen (secondary N) is 2. The van der Waals surface area contributed by atoms with E-state index in [2.05, 4.69) is 15.6 Å². The molecule has 2 aliphatic heterocycles. The highest BCUT2D eigenvalue weighted by atomic mass is 16.6. The van der Waals surface area contributed by atoms with Crippen LogP contribution in [0.25, 0.3) is 0 Å². The lowest BCUT2D eigenvalue weighted by molar-refractivity contribution is -0.142. The van der Waals surface area contributed by atoms with Gasteiger partial charge in [-0.15, -0.1) is 4.99 Å². The van der Waals surface area contributed by atoms with Crippen LogP contribution in [0, 0.1) is 0 Å². The molecule has 2 aliphatic rings. The number of ether oxygens (including phenoxy) is 2. The molecule has 246 valence electrons. The molecule has 46 heavy (non-hydrogen) atoms. The van der Waals surface area contributed by atoms with Crippen LogP contribution in [0.3, 0.4) is 0 Å². The first kappa shape index (κ1) is 33.9. The summed E-state index contributed by atoms with van der Waals surface area (Å²) in [5.74, 6) is -1.74. The number of likely N-dealkylation sites (tertiary alicyclic amines) is 2. The summed E-state index contributed by atoms with van der Waals surface area (Å²) in [6.07, 6.45) is 0.339. The Morgan fingerprint density at radius 1 is 0.957 bits per heavy atom. The third-order valence-corrected chi connectivity index (χ3v) is 7.55. The number of aliphatic imine (C=N–C) groups is 1. The number of carbonyl (C=O) groups excluding carboxylic acids is 5. The van der Waals surface area contributed by atoms with Crippen LogP contribution < -0.4 is 16.4 Å². The molecule has 3 atom stereocenters. The van der Waals surface area contributed by atoms with Crippen molar-refractivity contribution in [3.8, 4) is 0 Å². The minimum absolute atomic E-state index is 0.000803. The Morgan fingerprint density at radius 2 is 1.59 bits per heavy atom. The summed E-state index contributed by atoms with van der Waals surface area (Å²) >= 11 is 0. The molecule has 4 N–H and O–H groups in total. The number of guanidine groups is 1. The Morgan fingerprint density at radius 3 is 2.24 bits per heavy atom. The average Bonchev–Trinajstić information content (AvgIpc) is 3.51. The molecular formula is C33H42N6O7. The lowest BCUT2D eigenvalue weighted by Gasteiger charge is -2.33. The fourth-order valence-electron chi connectivity index (χ4n) is 5.41. The molecule has 0 aromatic heterocycles. The van der Waals surface area contributed by atoms with Gasteiger partial charge in [0.1, 0.15) is 30.3 Å². The highest BCUT2D eigenvalue weighted by molar-refractivity contribution is 6.03. The van der Waals surface area contributed by atoms with Gasteiger partial charge in [-0.1, -0.05) is 60.7 Å². The average molecular weight is 635 g/mol. The molecule has 4 rings (SSSR count). The molecule has 0 bridgehead atoms. The van der Waals surface area contributed by atoms with Crippen LogP contribution in [0.1, 0.15) is 57.6 Å². The fourth-order valence-corrected chi connectivity index (χ4v) is 5.41. The van der Waals surface area contributed by atoms with Gasteiger partial charge in [0.05, 0.1) is 0 Å². The van der Waals surface area contributed by atoms with Crippen molar-refractivity contribution in [1.82, 2.24) is 20.4 Å². The number of nitrogens with zero attached hydrogens (tertiary/aromatic N) is 3. The van der Waals surface area contributed by atoms with Crippen LogP contribution in [0.4, 0.5) is 9.59 Å². The van der Waals surface area contributed by atoms with Crippen LogP contribution in [-0.2, 0) is 36.9 Å². The van der Waals surface area contributed by atoms with Crippen molar-refractivity contribution in [2.24, 2.45) is 10.7 Å². The molecule has 0 spiro atoms. The molecule has 0 saturated carbocycles. The van der Waals surface area contributed by atoms with E-state index in [9.17, 15) is 24.0 Å². The van der Waals surface area contributed by atoms with Gasteiger partial charge in [0, 0.05) is 19.5 Å². The van der Waals surface area contributed by atoms with Crippen molar-refractivity contribution in [3.05, 3.63) is 71.8 Å². The number of alkyl carbamates (subject to hydrolysis) is 1. The predicted molar refractivity (Wildman–Crippen MR) is 169 cm³/mol. The second-order valence-corrected chi connectivity index (χ2v) is 12.3. The molecule has 2 aromatic rings. The quantitative estimate of drug-likeness (QED) is 0.294. The minimum Gasteiger partial charge on any atom is -0.444 e. The molecule has 0 aliphatic carbocycles. The van der Waals surface area contributed by atoms with Gasteiger partial charge in [-0.2, -0.15) is 0 Å². The van der Waals surface area contributed by atoms with E-state index in [0.717, 1.165) is 16.0 Å². The molecule has 0 unspecified atom stereocenters. The van der Waals surface area contributed by atoms with Crippen molar-refractivity contribution in [2.75, 3.05) is 13.1 Å². The monoisotopic (exact) mass is 634 g/mol. The third-order valence-electron chi connectivity index (χ3n) is 7.55. The van der Waals surface area contributed by atoms with E-state index in [0.29, 0.717) is 32.2 Å². The number of benzene rings is 2. The molecule has 5 amide bonds. The number of nitrogens with two attached hydrogens (primary N) is 1. The van der Waals surface area contributed by atoms with Gasteiger partial charge in [-0.05, 0) is 57.6 Å². The highest BCUT2D eigenvalue weighted by Gasteiger charge is 2.40. The van der Waals surface area contributed by atoms with Crippen LogP contribution in [0.15, 0.2) is 65.7 Å². The van der Waals surface area contributed by atoms with Gasteiger partial charge in [0.25, 0.3) is 5.91 Å². The lowest BCUT2D eigenvalue weighted by Crippen LogP contribution is -2.59. The first-order valence-electron chi connectivity index (χ1n) is 15.4.